The predicted octanol–water partition coefficient (Wildman–Crippen LogP) is 4.26. The molecule has 170 valence electrons. The molecule has 1 aliphatic rings. The summed E-state index contributed by atoms with van der Waals surface area (Å²) in [6.07, 6.45) is 1.77. The number of rotatable bonds is 5. The van der Waals surface area contributed by atoms with E-state index in [1.807, 2.05) is 24.3 Å². The first kappa shape index (κ1) is 22.8. The lowest BCUT2D eigenvalue weighted by atomic mass is 10.00. The number of hydrogen-bond donors (Lipinski definition) is 1. The molecule has 0 aromatic heterocycles. The molecule has 0 saturated carbocycles. The summed E-state index contributed by atoms with van der Waals surface area (Å²) >= 11 is 0. The summed E-state index contributed by atoms with van der Waals surface area (Å²) in [6.45, 7) is 3.37. The molecule has 2 amide bonds. The summed E-state index contributed by atoms with van der Waals surface area (Å²) in [6, 6.07) is 20.8. The van der Waals surface area contributed by atoms with Crippen molar-refractivity contribution in [2.75, 3.05) is 13.1 Å². The molecular weight excluding hydrogens is 436 g/mol. The van der Waals surface area contributed by atoms with Gasteiger partial charge in [-0.1, -0.05) is 49.4 Å². The van der Waals surface area contributed by atoms with Crippen LogP contribution in [0.25, 0.3) is 10.8 Å². The first-order valence-corrected chi connectivity index (χ1v) is 12.4. The van der Waals surface area contributed by atoms with E-state index in [0.29, 0.717) is 30.1 Å². The fourth-order valence-electron chi connectivity index (χ4n) is 3.91. The van der Waals surface area contributed by atoms with Crippen LogP contribution in [0, 0.1) is 17.2 Å². The molecule has 8 heteroatoms. The standard InChI is InChI=1S/C25H26N4O3S/c1-19-12-14-28(15-13-19)25(30)29(18-21-8-6-20(17-26)7-9-21)27-33(31,32)24-11-10-22-4-2-3-5-23(22)16-24/h2-11,16,19,27H,12-15,18H2,1H3. The van der Waals surface area contributed by atoms with Crippen LogP contribution in [0.5, 0.6) is 0 Å². The number of amides is 2. The van der Waals surface area contributed by atoms with Gasteiger partial charge >= 0.3 is 6.03 Å². The highest BCUT2D eigenvalue weighted by molar-refractivity contribution is 7.89. The van der Waals surface area contributed by atoms with E-state index in [9.17, 15) is 13.2 Å². The Labute approximate surface area is 194 Å². The molecular formula is C25H26N4O3S. The van der Waals surface area contributed by atoms with Crippen LogP contribution < -0.4 is 4.83 Å². The minimum Gasteiger partial charge on any atom is -0.323 e. The third kappa shape index (κ3) is 5.33. The lowest BCUT2D eigenvalue weighted by Gasteiger charge is -2.34. The average Bonchev–Trinajstić information content (AvgIpc) is 2.83. The van der Waals surface area contributed by atoms with Crippen LogP contribution in [0.1, 0.15) is 30.9 Å². The van der Waals surface area contributed by atoms with Crippen molar-refractivity contribution < 1.29 is 13.2 Å². The first-order valence-electron chi connectivity index (χ1n) is 10.9. The van der Waals surface area contributed by atoms with Gasteiger partial charge in [0.1, 0.15) is 0 Å². The number of urea groups is 1. The van der Waals surface area contributed by atoms with Crippen LogP contribution in [-0.2, 0) is 16.6 Å². The number of hydrazine groups is 1. The van der Waals surface area contributed by atoms with Gasteiger partial charge in [0.05, 0.1) is 23.1 Å². The maximum Gasteiger partial charge on any atom is 0.335 e. The number of nitrogens with zero attached hydrogens (tertiary/aromatic N) is 3. The smallest absolute Gasteiger partial charge is 0.323 e. The minimum absolute atomic E-state index is 0.0450. The van der Waals surface area contributed by atoms with Crippen molar-refractivity contribution in [1.29, 1.82) is 5.26 Å². The molecule has 0 bridgehead atoms. The van der Waals surface area contributed by atoms with Crippen LogP contribution >= 0.6 is 0 Å². The second kappa shape index (κ2) is 9.61. The third-order valence-electron chi connectivity index (χ3n) is 5.97. The number of hydrogen-bond acceptors (Lipinski definition) is 4. The largest absolute Gasteiger partial charge is 0.335 e. The monoisotopic (exact) mass is 462 g/mol. The van der Waals surface area contributed by atoms with Crippen molar-refractivity contribution >= 4 is 26.8 Å². The molecule has 0 unspecified atom stereocenters. The van der Waals surface area contributed by atoms with Gasteiger partial charge in [-0.25, -0.2) is 18.2 Å². The number of nitriles is 1. The highest BCUT2D eigenvalue weighted by Gasteiger charge is 2.28. The summed E-state index contributed by atoms with van der Waals surface area (Å²) in [5.74, 6) is 0.537. The van der Waals surface area contributed by atoms with Crippen molar-refractivity contribution in [3.63, 3.8) is 0 Å². The SMILES string of the molecule is CC1CCN(C(=O)N(Cc2ccc(C#N)cc2)NS(=O)(=O)c2ccc3ccccc3c2)CC1. The average molecular weight is 463 g/mol. The summed E-state index contributed by atoms with van der Waals surface area (Å²) in [7, 11) is -4.00. The van der Waals surface area contributed by atoms with Crippen LogP contribution in [0.4, 0.5) is 4.79 Å². The minimum atomic E-state index is -4.00. The topological polar surface area (TPSA) is 93.5 Å². The molecule has 0 atom stereocenters. The van der Waals surface area contributed by atoms with Crippen molar-refractivity contribution in [2.45, 2.75) is 31.2 Å². The fraction of sp³-hybridized carbons (Fsp3) is 0.280. The normalized spacial score (nSPS) is 14.7. The molecule has 7 nitrogen and oxygen atoms in total. The highest BCUT2D eigenvalue weighted by Crippen LogP contribution is 2.21. The molecule has 1 heterocycles. The zero-order valence-electron chi connectivity index (χ0n) is 18.4. The highest BCUT2D eigenvalue weighted by atomic mass is 32.2. The molecule has 0 radical (unpaired) electrons. The number of nitrogens with one attached hydrogen (secondary N) is 1. The quantitative estimate of drug-likeness (QED) is 0.574. The van der Waals surface area contributed by atoms with Crippen molar-refractivity contribution in [3.8, 4) is 6.07 Å². The van der Waals surface area contributed by atoms with E-state index in [0.717, 1.165) is 28.6 Å². The summed E-state index contributed by atoms with van der Waals surface area (Å²) in [5.41, 5.74) is 1.22. The van der Waals surface area contributed by atoms with Gasteiger partial charge in [0, 0.05) is 13.1 Å². The van der Waals surface area contributed by atoms with Crippen molar-refractivity contribution in [1.82, 2.24) is 14.7 Å². The molecule has 1 aliphatic heterocycles. The number of piperidine rings is 1. The summed E-state index contributed by atoms with van der Waals surface area (Å²) in [5, 5.41) is 11.9. The zero-order chi connectivity index (χ0) is 23.4. The Bertz CT molecular complexity index is 1290. The van der Waals surface area contributed by atoms with E-state index in [1.54, 1.807) is 41.3 Å². The maximum absolute atomic E-state index is 13.3. The lowest BCUT2D eigenvalue weighted by Crippen LogP contribution is -2.53. The van der Waals surface area contributed by atoms with Crippen LogP contribution in [0.15, 0.2) is 71.6 Å². The van der Waals surface area contributed by atoms with Gasteiger partial charge in [0.15, 0.2) is 0 Å². The molecule has 1 saturated heterocycles. The van der Waals surface area contributed by atoms with E-state index in [2.05, 4.69) is 17.8 Å². The van der Waals surface area contributed by atoms with Crippen molar-refractivity contribution in [3.05, 3.63) is 77.9 Å². The molecule has 0 aliphatic carbocycles. The van der Waals surface area contributed by atoms with Gasteiger partial charge in [-0.2, -0.15) is 5.26 Å². The zero-order valence-corrected chi connectivity index (χ0v) is 19.3. The van der Waals surface area contributed by atoms with Gasteiger partial charge in [-0.05, 0) is 59.4 Å². The molecule has 3 aromatic carbocycles. The Morgan fingerprint density at radius 2 is 1.73 bits per heavy atom. The van der Waals surface area contributed by atoms with Crippen LogP contribution in [0.2, 0.25) is 0 Å². The number of carbonyl (C=O) groups is 1. The van der Waals surface area contributed by atoms with Gasteiger partial charge in [0.2, 0.25) is 0 Å². The fourth-order valence-corrected chi connectivity index (χ4v) is 4.98. The van der Waals surface area contributed by atoms with Gasteiger partial charge in [0.25, 0.3) is 10.0 Å². The third-order valence-corrected chi connectivity index (χ3v) is 7.31. The van der Waals surface area contributed by atoms with Gasteiger partial charge < -0.3 is 4.90 Å². The Hall–Kier alpha value is -3.41. The Kier molecular flexibility index (Phi) is 6.63. The first-order chi connectivity index (χ1) is 15.9. The number of fused-ring (bicyclic) bond motifs is 1. The molecule has 3 aromatic rings. The molecule has 0 spiro atoms. The summed E-state index contributed by atoms with van der Waals surface area (Å²) in [4.78, 5) is 17.6. The Morgan fingerprint density at radius 1 is 1.06 bits per heavy atom. The van der Waals surface area contributed by atoms with E-state index >= 15 is 0 Å². The van der Waals surface area contributed by atoms with E-state index in [4.69, 9.17) is 5.26 Å². The molecule has 4 rings (SSSR count). The second-order valence-electron chi connectivity index (χ2n) is 8.45. The Balaban J connectivity index is 1.61. The van der Waals surface area contributed by atoms with Gasteiger partial charge in [-0.3, -0.25) is 0 Å². The molecule has 33 heavy (non-hydrogen) atoms. The van der Waals surface area contributed by atoms with E-state index < -0.39 is 10.0 Å². The molecule has 1 N–H and O–H groups in total. The summed E-state index contributed by atoms with van der Waals surface area (Å²) < 4.78 is 26.5. The van der Waals surface area contributed by atoms with Crippen molar-refractivity contribution in [2.24, 2.45) is 5.92 Å². The maximum atomic E-state index is 13.3. The number of carbonyl (C=O) groups excluding carboxylic acids is 1. The second-order valence-corrected chi connectivity index (χ2v) is 10.1. The lowest BCUT2D eigenvalue weighted by molar-refractivity contribution is 0.124. The number of benzene rings is 3. The van der Waals surface area contributed by atoms with E-state index in [-0.39, 0.29) is 17.5 Å². The predicted molar refractivity (Wildman–Crippen MR) is 126 cm³/mol. The van der Waals surface area contributed by atoms with Crippen LogP contribution in [0.3, 0.4) is 0 Å². The Morgan fingerprint density at radius 3 is 2.39 bits per heavy atom. The number of sulfonamides is 1. The van der Waals surface area contributed by atoms with Crippen LogP contribution in [-0.4, -0.2) is 37.4 Å². The molecule has 1 fully saturated rings. The van der Waals surface area contributed by atoms with E-state index in [1.165, 1.54) is 6.07 Å². The van der Waals surface area contributed by atoms with Gasteiger partial charge in [-0.15, -0.1) is 4.83 Å². The number of likely N-dealkylation sites (tertiary alicyclic amines) is 1.